The van der Waals surface area contributed by atoms with Crippen molar-refractivity contribution in [1.82, 2.24) is 31.2 Å². The van der Waals surface area contributed by atoms with Crippen molar-refractivity contribution < 1.29 is 4.42 Å². The average molecular weight is 384 g/mol. The zero-order valence-electron chi connectivity index (χ0n) is 16.1. The molecule has 2 fully saturated rings. The molecule has 8 nitrogen and oxygen atoms in total. The van der Waals surface area contributed by atoms with Crippen LogP contribution in [0.15, 0.2) is 53.4 Å². The molecule has 0 radical (unpaired) electrons. The van der Waals surface area contributed by atoms with E-state index >= 15 is 0 Å². The number of furan rings is 1. The number of nitrogens with one attached hydrogen (secondary N) is 5. The van der Waals surface area contributed by atoms with Crippen LogP contribution in [0.3, 0.4) is 0 Å². The molecule has 0 atom stereocenters. The molecule has 8 heteroatoms. The van der Waals surface area contributed by atoms with Crippen LogP contribution < -0.4 is 21.3 Å². The normalized spacial score (nSPS) is 15.5. The van der Waals surface area contributed by atoms with Gasteiger partial charge in [0.15, 0.2) is 0 Å². The molecule has 2 aromatic heterocycles. The zero-order valence-corrected chi connectivity index (χ0v) is 16.1. The summed E-state index contributed by atoms with van der Waals surface area (Å²) in [6.07, 6.45) is 3.17. The van der Waals surface area contributed by atoms with Crippen molar-refractivity contribution in [1.29, 1.82) is 5.26 Å². The molecule has 0 aliphatic carbocycles. The smallest absolute Gasteiger partial charge is 0.203 e. The van der Waals surface area contributed by atoms with E-state index in [0.29, 0.717) is 5.76 Å². The standard InChI is InChI=1S/C7H6N2.C5H3NO.2C4H10N2/c1-2-4-7-6(3-1)8-5-9-7;6-4-5-2-1-3-7-5;2*1-2-6-4-3-5-1/h1-5H,(H,8,9);1-3H;2*5-6H,1-4H2. The number of nitrogens with zero attached hydrogens (tertiary/aromatic N) is 2. The van der Waals surface area contributed by atoms with E-state index < -0.39 is 0 Å². The highest BCUT2D eigenvalue weighted by Gasteiger charge is 1.92. The molecule has 0 saturated carbocycles. The minimum atomic E-state index is 0.361. The van der Waals surface area contributed by atoms with Crippen LogP contribution in [0.4, 0.5) is 0 Å². The van der Waals surface area contributed by atoms with E-state index in [1.165, 1.54) is 6.26 Å². The third-order valence-electron chi connectivity index (χ3n) is 3.87. The highest BCUT2D eigenvalue weighted by Crippen LogP contribution is 2.05. The lowest BCUT2D eigenvalue weighted by Crippen LogP contribution is -2.39. The average Bonchev–Trinajstić information content (AvgIpc) is 3.49. The summed E-state index contributed by atoms with van der Waals surface area (Å²) in [6, 6.07) is 13.1. The molecule has 1 aromatic carbocycles. The van der Waals surface area contributed by atoms with Gasteiger partial charge in [0, 0.05) is 52.4 Å². The van der Waals surface area contributed by atoms with Crippen LogP contribution in [0.2, 0.25) is 0 Å². The van der Waals surface area contributed by atoms with Gasteiger partial charge in [0.25, 0.3) is 0 Å². The molecule has 5 rings (SSSR count). The largest absolute Gasteiger partial charge is 0.454 e. The summed E-state index contributed by atoms with van der Waals surface area (Å²) in [5.41, 5.74) is 2.12. The Bertz CT molecular complexity index is 706. The minimum Gasteiger partial charge on any atom is -0.454 e. The van der Waals surface area contributed by atoms with Crippen molar-refractivity contribution in [3.05, 3.63) is 54.7 Å². The molecule has 0 unspecified atom stereocenters. The van der Waals surface area contributed by atoms with Gasteiger partial charge in [-0.15, -0.1) is 0 Å². The van der Waals surface area contributed by atoms with Gasteiger partial charge in [-0.3, -0.25) is 0 Å². The first-order valence-corrected chi connectivity index (χ1v) is 9.55. The number of H-pyrrole nitrogens is 1. The van der Waals surface area contributed by atoms with Crippen LogP contribution in [0.5, 0.6) is 0 Å². The Kier molecular flexibility index (Phi) is 11.1. The third kappa shape index (κ3) is 9.30. The Morgan fingerprint density at radius 2 is 1.36 bits per heavy atom. The molecule has 0 amide bonds. The van der Waals surface area contributed by atoms with Gasteiger partial charge in [-0.25, -0.2) is 4.98 Å². The van der Waals surface area contributed by atoms with E-state index in [0.717, 1.165) is 63.4 Å². The van der Waals surface area contributed by atoms with Crippen molar-refractivity contribution in [3.63, 3.8) is 0 Å². The minimum absolute atomic E-state index is 0.361. The van der Waals surface area contributed by atoms with Crippen molar-refractivity contribution >= 4 is 11.0 Å². The second-order valence-corrected chi connectivity index (χ2v) is 6.01. The Hall–Kier alpha value is -2.70. The van der Waals surface area contributed by atoms with E-state index in [9.17, 15) is 0 Å². The molecule has 2 aliphatic heterocycles. The Morgan fingerprint density at radius 1 is 0.786 bits per heavy atom. The van der Waals surface area contributed by atoms with E-state index in [1.54, 1.807) is 18.5 Å². The van der Waals surface area contributed by atoms with Crippen molar-refractivity contribution in [2.24, 2.45) is 0 Å². The fourth-order valence-electron chi connectivity index (χ4n) is 2.43. The molecule has 3 aromatic rings. The SMILES string of the molecule is C1CNCCN1.C1CNCCN1.N#Cc1ccco1.c1ccc2[nH]cnc2c1. The number of hydrogen-bond acceptors (Lipinski definition) is 7. The number of imidazole rings is 1. The van der Waals surface area contributed by atoms with Crippen LogP contribution >= 0.6 is 0 Å². The van der Waals surface area contributed by atoms with E-state index in [4.69, 9.17) is 5.26 Å². The Morgan fingerprint density at radius 3 is 1.75 bits per heavy atom. The van der Waals surface area contributed by atoms with Crippen LogP contribution in [-0.2, 0) is 0 Å². The molecule has 150 valence electrons. The zero-order chi connectivity index (χ0) is 19.7. The Balaban J connectivity index is 0.000000136. The van der Waals surface area contributed by atoms with Crippen LogP contribution in [0.1, 0.15) is 5.76 Å². The first-order valence-electron chi connectivity index (χ1n) is 9.55. The van der Waals surface area contributed by atoms with Crippen molar-refractivity contribution in [2.75, 3.05) is 52.4 Å². The summed E-state index contributed by atoms with van der Waals surface area (Å²) in [6.45, 7) is 9.11. The molecule has 5 N–H and O–H groups in total. The maximum atomic E-state index is 8.08. The van der Waals surface area contributed by atoms with Crippen molar-refractivity contribution in [2.45, 2.75) is 0 Å². The van der Waals surface area contributed by atoms with Crippen LogP contribution in [0.25, 0.3) is 11.0 Å². The first kappa shape index (κ1) is 21.6. The van der Waals surface area contributed by atoms with E-state index in [-0.39, 0.29) is 0 Å². The van der Waals surface area contributed by atoms with Gasteiger partial charge < -0.3 is 30.7 Å². The number of aromatic amines is 1. The van der Waals surface area contributed by atoms with E-state index in [1.807, 2.05) is 30.3 Å². The number of rotatable bonds is 0. The number of piperazine rings is 2. The summed E-state index contributed by atoms with van der Waals surface area (Å²) in [7, 11) is 0. The topological polar surface area (TPSA) is 114 Å². The second-order valence-electron chi connectivity index (χ2n) is 6.01. The summed E-state index contributed by atoms with van der Waals surface area (Å²) < 4.78 is 4.62. The van der Waals surface area contributed by atoms with Crippen molar-refractivity contribution in [3.8, 4) is 6.07 Å². The quantitative estimate of drug-likeness (QED) is 0.395. The Labute approximate surface area is 165 Å². The lowest BCUT2D eigenvalue weighted by Gasteiger charge is -2.11. The number of hydrogen-bond donors (Lipinski definition) is 5. The van der Waals surface area contributed by atoms with Gasteiger partial charge in [-0.1, -0.05) is 12.1 Å². The summed E-state index contributed by atoms with van der Waals surface area (Å²) in [4.78, 5) is 7.07. The van der Waals surface area contributed by atoms with Gasteiger partial charge >= 0.3 is 0 Å². The molecule has 4 heterocycles. The highest BCUT2D eigenvalue weighted by molar-refractivity contribution is 5.73. The molecule has 2 aliphatic rings. The summed E-state index contributed by atoms with van der Waals surface area (Å²) in [5, 5.41) is 21.0. The van der Waals surface area contributed by atoms with E-state index in [2.05, 4.69) is 35.7 Å². The summed E-state index contributed by atoms with van der Waals surface area (Å²) >= 11 is 0. The molecule has 0 bridgehead atoms. The van der Waals surface area contributed by atoms with Crippen LogP contribution in [0, 0.1) is 11.3 Å². The lowest BCUT2D eigenvalue weighted by atomic mass is 10.3. The fourth-order valence-corrected chi connectivity index (χ4v) is 2.43. The molecular formula is C20H29N7O. The number of fused-ring (bicyclic) bond motifs is 1. The van der Waals surface area contributed by atoms with Gasteiger partial charge in [-0.2, -0.15) is 5.26 Å². The fraction of sp³-hybridized carbons (Fsp3) is 0.400. The predicted molar refractivity (Wildman–Crippen MR) is 111 cm³/mol. The predicted octanol–water partition coefficient (Wildman–Crippen LogP) is 1.07. The maximum Gasteiger partial charge on any atom is 0.203 e. The number of benzene rings is 1. The monoisotopic (exact) mass is 383 g/mol. The number of nitriles is 1. The number of para-hydroxylation sites is 2. The second kappa shape index (κ2) is 14.4. The van der Waals surface area contributed by atoms with Gasteiger partial charge in [0.05, 0.1) is 23.6 Å². The first-order chi connectivity index (χ1) is 13.9. The number of aromatic nitrogens is 2. The highest BCUT2D eigenvalue weighted by atomic mass is 16.3. The maximum absolute atomic E-state index is 8.08. The van der Waals surface area contributed by atoms with Crippen LogP contribution in [-0.4, -0.2) is 62.3 Å². The molecule has 2 saturated heterocycles. The molecule has 28 heavy (non-hydrogen) atoms. The summed E-state index contributed by atoms with van der Waals surface area (Å²) in [5.74, 6) is 0.361. The van der Waals surface area contributed by atoms with Gasteiger partial charge in [0.1, 0.15) is 6.07 Å². The third-order valence-corrected chi connectivity index (χ3v) is 3.87. The van der Waals surface area contributed by atoms with Gasteiger partial charge in [0.2, 0.25) is 5.76 Å². The molecule has 0 spiro atoms. The van der Waals surface area contributed by atoms with Gasteiger partial charge in [-0.05, 0) is 24.3 Å². The molecular weight excluding hydrogens is 354 g/mol. The lowest BCUT2D eigenvalue weighted by molar-refractivity contribution is 0.534.